The van der Waals surface area contributed by atoms with Crippen LogP contribution in [0.25, 0.3) is 0 Å². The van der Waals surface area contributed by atoms with Crippen molar-refractivity contribution in [1.82, 2.24) is 9.80 Å². The molecule has 16 heteroatoms. The molecule has 2 heterocycles. The van der Waals surface area contributed by atoms with Gasteiger partial charge in [-0.1, -0.05) is 24.3 Å². The molecule has 0 bridgehead atoms. The number of amides is 4. The second-order valence-electron chi connectivity index (χ2n) is 12.2. The summed E-state index contributed by atoms with van der Waals surface area (Å²) in [7, 11) is 2.80. The van der Waals surface area contributed by atoms with Crippen LogP contribution < -0.4 is 29.6 Å². The Morgan fingerprint density at radius 3 is 1.41 bits per heavy atom. The van der Waals surface area contributed by atoms with E-state index in [9.17, 15) is 39.6 Å². The normalized spacial score (nSPS) is 16.9. The predicted molar refractivity (Wildman–Crippen MR) is 185 cm³/mol. The first-order valence-electron chi connectivity index (χ1n) is 16.3. The number of aliphatic hydroxyl groups is 2. The predicted octanol–water partition coefficient (Wildman–Crippen LogP) is 4.04. The zero-order chi connectivity index (χ0) is 37.2. The zero-order valence-electron chi connectivity index (χ0n) is 28.6. The molecule has 2 atom stereocenters. The van der Waals surface area contributed by atoms with Crippen molar-refractivity contribution in [1.29, 1.82) is 0 Å². The number of ether oxygens (including phenoxy) is 4. The minimum atomic E-state index is -1.37. The maximum absolute atomic E-state index is 13.4. The van der Waals surface area contributed by atoms with Gasteiger partial charge < -0.3 is 49.2 Å². The Balaban J connectivity index is 1.37. The number of methoxy groups -OCH3 is 2. The lowest BCUT2D eigenvalue weighted by Gasteiger charge is -2.24. The molecule has 2 fully saturated rings. The maximum atomic E-state index is 13.4. The average molecular weight is 713 g/mol. The molecule has 0 aromatic heterocycles. The Morgan fingerprint density at radius 1 is 0.686 bits per heavy atom. The van der Waals surface area contributed by atoms with Crippen molar-refractivity contribution in [2.45, 2.75) is 44.2 Å². The molecule has 2 aromatic carbocycles. The lowest BCUT2D eigenvalue weighted by Crippen LogP contribution is -2.38. The Morgan fingerprint density at radius 2 is 1.08 bits per heavy atom. The van der Waals surface area contributed by atoms with Crippen LogP contribution in [0.2, 0.25) is 0 Å². The maximum Gasteiger partial charge on any atom is 0.409 e. The summed E-state index contributed by atoms with van der Waals surface area (Å²) in [5, 5.41) is 42.9. The fraction of sp³-hybridized carbons (Fsp3) is 0.429. The van der Waals surface area contributed by atoms with E-state index in [2.05, 4.69) is 23.8 Å². The largest absolute Gasteiger partial charge is 0.493 e. The van der Waals surface area contributed by atoms with Gasteiger partial charge >= 0.3 is 12.2 Å². The fourth-order valence-corrected chi connectivity index (χ4v) is 6.07. The highest BCUT2D eigenvalue weighted by molar-refractivity contribution is 6.04. The van der Waals surface area contributed by atoms with Gasteiger partial charge in [0, 0.05) is 25.2 Å². The summed E-state index contributed by atoms with van der Waals surface area (Å²) in [6.45, 7) is 8.20. The van der Waals surface area contributed by atoms with E-state index in [-0.39, 0.29) is 85.0 Å². The molecule has 2 saturated heterocycles. The minimum Gasteiger partial charge on any atom is -0.493 e. The van der Waals surface area contributed by atoms with E-state index in [0.29, 0.717) is 32.1 Å². The number of carboxylic acid groups (broad SMARTS) is 2. The van der Waals surface area contributed by atoms with Crippen LogP contribution in [0, 0.1) is 0 Å². The van der Waals surface area contributed by atoms with Gasteiger partial charge in [0.1, 0.15) is 0 Å². The van der Waals surface area contributed by atoms with Crippen molar-refractivity contribution < 1.29 is 58.6 Å². The van der Waals surface area contributed by atoms with E-state index in [1.54, 1.807) is 0 Å². The second kappa shape index (κ2) is 17.4. The highest BCUT2D eigenvalue weighted by Gasteiger charge is 2.34. The number of benzene rings is 2. The quantitative estimate of drug-likeness (QED) is 0.107. The van der Waals surface area contributed by atoms with Crippen molar-refractivity contribution in [3.8, 4) is 23.0 Å². The lowest BCUT2D eigenvalue weighted by atomic mass is 10.1. The summed E-state index contributed by atoms with van der Waals surface area (Å²) in [5.41, 5.74) is 1.64. The number of likely N-dealkylation sites (tertiary alicyclic amines) is 2. The Kier molecular flexibility index (Phi) is 13.1. The zero-order valence-corrected chi connectivity index (χ0v) is 28.6. The van der Waals surface area contributed by atoms with Gasteiger partial charge in [-0.2, -0.15) is 0 Å². The van der Waals surface area contributed by atoms with Crippen molar-refractivity contribution in [3.63, 3.8) is 0 Å². The van der Waals surface area contributed by atoms with Gasteiger partial charge in [0.05, 0.1) is 75.2 Å². The van der Waals surface area contributed by atoms with E-state index in [1.807, 2.05) is 0 Å². The van der Waals surface area contributed by atoms with Crippen LogP contribution in [-0.2, 0) is 0 Å². The first-order valence-corrected chi connectivity index (χ1v) is 16.3. The number of aliphatic hydroxyl groups excluding tert-OH is 2. The number of carbonyl (C=O) groups excluding carboxylic acids is 2. The molecule has 4 rings (SSSR count). The van der Waals surface area contributed by atoms with Gasteiger partial charge in [-0.15, -0.1) is 0 Å². The SMILES string of the molecule is C=C1C[C@@H](CO)N(C(=O)c2cc(OC)c(OCCCCCOc3cc(NC(=O)O)c(C(=O)N4CC(=C)C[C@H]4CO)cc3OC)cc2NC(=O)O)C1. The molecular formula is C35H44N4O12. The number of unbranched alkanes of at least 4 members (excludes halogenated alkanes) is 2. The number of nitrogens with zero attached hydrogens (tertiary/aromatic N) is 2. The van der Waals surface area contributed by atoms with Crippen molar-refractivity contribution in [3.05, 3.63) is 59.7 Å². The van der Waals surface area contributed by atoms with E-state index < -0.39 is 36.1 Å². The van der Waals surface area contributed by atoms with Crippen molar-refractivity contribution in [2.24, 2.45) is 0 Å². The Hall–Kier alpha value is -5.48. The number of nitrogens with one attached hydrogen (secondary N) is 2. The molecule has 0 unspecified atom stereocenters. The molecule has 2 aliphatic heterocycles. The monoisotopic (exact) mass is 712 g/mol. The van der Waals surface area contributed by atoms with Crippen LogP contribution in [0.4, 0.5) is 21.0 Å². The summed E-state index contributed by atoms with van der Waals surface area (Å²) in [6.07, 6.45) is -0.0951. The van der Waals surface area contributed by atoms with Gasteiger partial charge in [0.15, 0.2) is 23.0 Å². The molecule has 0 radical (unpaired) electrons. The van der Waals surface area contributed by atoms with Crippen LogP contribution in [0.1, 0.15) is 52.8 Å². The molecule has 16 nitrogen and oxygen atoms in total. The topological polar surface area (TPSA) is 217 Å². The van der Waals surface area contributed by atoms with Crippen LogP contribution in [0.15, 0.2) is 48.6 Å². The third-order valence-corrected chi connectivity index (χ3v) is 8.52. The molecule has 6 N–H and O–H groups in total. The number of hydrogen-bond acceptors (Lipinski definition) is 10. The van der Waals surface area contributed by atoms with Gasteiger partial charge in [0.2, 0.25) is 0 Å². The third kappa shape index (κ3) is 9.40. The molecule has 2 aromatic rings. The molecule has 0 aliphatic carbocycles. The molecule has 2 aliphatic rings. The Labute approximate surface area is 294 Å². The van der Waals surface area contributed by atoms with E-state index >= 15 is 0 Å². The summed E-state index contributed by atoms with van der Waals surface area (Å²) in [6, 6.07) is 4.63. The first kappa shape index (κ1) is 38.3. The van der Waals surface area contributed by atoms with E-state index in [1.165, 1.54) is 48.3 Å². The van der Waals surface area contributed by atoms with Crippen molar-refractivity contribution >= 4 is 35.4 Å². The number of rotatable bonds is 16. The van der Waals surface area contributed by atoms with E-state index in [4.69, 9.17) is 18.9 Å². The van der Waals surface area contributed by atoms with Crippen molar-refractivity contribution in [2.75, 3.05) is 64.4 Å². The van der Waals surface area contributed by atoms with Crippen LogP contribution in [0.5, 0.6) is 23.0 Å². The van der Waals surface area contributed by atoms with Crippen LogP contribution >= 0.6 is 0 Å². The summed E-state index contributed by atoms with van der Waals surface area (Å²) in [4.78, 5) is 52.9. The fourth-order valence-electron chi connectivity index (χ4n) is 6.07. The summed E-state index contributed by atoms with van der Waals surface area (Å²) in [5.74, 6) is -0.0912. The summed E-state index contributed by atoms with van der Waals surface area (Å²) < 4.78 is 22.7. The smallest absolute Gasteiger partial charge is 0.409 e. The molecule has 0 spiro atoms. The Bertz CT molecular complexity index is 1540. The van der Waals surface area contributed by atoms with Gasteiger partial charge in [-0.05, 0) is 44.2 Å². The van der Waals surface area contributed by atoms with Gasteiger partial charge in [-0.25, -0.2) is 9.59 Å². The molecular weight excluding hydrogens is 668 g/mol. The molecule has 276 valence electrons. The number of anilines is 2. The lowest BCUT2D eigenvalue weighted by molar-refractivity contribution is 0.0674. The van der Waals surface area contributed by atoms with Gasteiger partial charge in [0.25, 0.3) is 11.8 Å². The van der Waals surface area contributed by atoms with Gasteiger partial charge in [-0.3, -0.25) is 20.2 Å². The first-order chi connectivity index (χ1) is 24.4. The molecule has 4 amide bonds. The summed E-state index contributed by atoms with van der Waals surface area (Å²) >= 11 is 0. The second-order valence-corrected chi connectivity index (χ2v) is 12.2. The standard InChI is InChI=1S/C35H44N4O12/c1-20-10-22(18-40)38(16-20)32(42)24-12-28(48-3)30(14-26(24)36-34(44)45)50-8-6-5-7-9-51-31-15-27(37-35(46)47)25(13-29(31)49-4)33(43)39-17-21(2)11-23(39)19-41/h12-15,22-23,36-37,40-41H,1-2,5-11,16-19H2,3-4H3,(H,44,45)(H,46,47)/t22-,23-/m0/s1. The minimum absolute atomic E-state index is 0.00317. The van der Waals surface area contributed by atoms with Crippen LogP contribution in [-0.4, -0.2) is 120 Å². The third-order valence-electron chi connectivity index (χ3n) is 8.52. The molecule has 0 saturated carbocycles. The number of hydrogen-bond donors (Lipinski definition) is 6. The highest BCUT2D eigenvalue weighted by Crippen LogP contribution is 2.37. The highest BCUT2D eigenvalue weighted by atomic mass is 16.5. The molecule has 51 heavy (non-hydrogen) atoms. The van der Waals surface area contributed by atoms with E-state index in [0.717, 1.165) is 11.1 Å². The number of carbonyl (C=O) groups is 4. The average Bonchev–Trinajstić information content (AvgIpc) is 3.68. The van der Waals surface area contributed by atoms with Crippen LogP contribution in [0.3, 0.4) is 0 Å².